The minimum Gasteiger partial charge on any atom is -0.367 e. The molecule has 0 aliphatic rings. The summed E-state index contributed by atoms with van der Waals surface area (Å²) >= 11 is 0. The molecule has 2 N–H and O–H groups in total. The molecule has 0 saturated heterocycles. The Kier molecular flexibility index (Phi) is 1.83. The normalized spacial score (nSPS) is 10.8. The molecule has 16 heavy (non-hydrogen) atoms. The van der Waals surface area contributed by atoms with Crippen molar-refractivity contribution >= 4 is 16.8 Å². The Labute approximate surface area is 90.6 Å². The number of H-pyrrole nitrogens is 2. The highest BCUT2D eigenvalue weighted by atomic mass is 16.1. The fourth-order valence-corrected chi connectivity index (χ4v) is 1.66. The Morgan fingerprint density at radius 3 is 2.94 bits per heavy atom. The van der Waals surface area contributed by atoms with Gasteiger partial charge in [0.05, 0.1) is 0 Å². The Bertz CT molecular complexity index is 639. The van der Waals surface area contributed by atoms with Gasteiger partial charge in [-0.3, -0.25) is 4.79 Å². The molecule has 0 saturated carbocycles. The molecule has 0 aromatic carbocycles. The van der Waals surface area contributed by atoms with Gasteiger partial charge >= 0.3 is 0 Å². The second-order valence-corrected chi connectivity index (χ2v) is 3.39. The summed E-state index contributed by atoms with van der Waals surface area (Å²) in [6.07, 6.45) is 6.50. The lowest BCUT2D eigenvalue weighted by atomic mass is 10.1. The Morgan fingerprint density at radius 1 is 1.19 bits per heavy atom. The Morgan fingerprint density at radius 2 is 2.12 bits per heavy atom. The number of carbonyl (C=O) groups is 1. The molecule has 5 nitrogen and oxygen atoms in total. The Hall–Kier alpha value is -2.43. The highest BCUT2D eigenvalue weighted by Gasteiger charge is 2.15. The van der Waals surface area contributed by atoms with Crippen LogP contribution in [0.2, 0.25) is 0 Å². The molecule has 0 fully saturated rings. The van der Waals surface area contributed by atoms with Crippen LogP contribution >= 0.6 is 0 Å². The second kappa shape index (κ2) is 3.30. The van der Waals surface area contributed by atoms with Crippen LogP contribution in [0.1, 0.15) is 16.1 Å². The second-order valence-electron chi connectivity index (χ2n) is 3.39. The number of ketones is 1. The van der Waals surface area contributed by atoms with E-state index in [1.165, 1.54) is 6.33 Å². The number of hydrogen-bond donors (Lipinski definition) is 2. The summed E-state index contributed by atoms with van der Waals surface area (Å²) < 4.78 is 0. The molecule has 5 heteroatoms. The number of rotatable bonds is 2. The van der Waals surface area contributed by atoms with Gasteiger partial charge in [-0.05, 0) is 12.1 Å². The van der Waals surface area contributed by atoms with Crippen LogP contribution in [0, 0.1) is 0 Å². The summed E-state index contributed by atoms with van der Waals surface area (Å²) in [4.78, 5) is 26.0. The lowest BCUT2D eigenvalue weighted by Crippen LogP contribution is -2.03. The first-order valence-electron chi connectivity index (χ1n) is 4.82. The van der Waals surface area contributed by atoms with Gasteiger partial charge in [0.2, 0.25) is 5.78 Å². The van der Waals surface area contributed by atoms with E-state index in [9.17, 15) is 4.79 Å². The molecule has 0 spiro atoms. The number of aromatic nitrogens is 4. The third-order valence-electron chi connectivity index (χ3n) is 2.43. The van der Waals surface area contributed by atoms with Gasteiger partial charge < -0.3 is 9.97 Å². The average molecular weight is 212 g/mol. The van der Waals surface area contributed by atoms with Crippen molar-refractivity contribution in [1.82, 2.24) is 19.9 Å². The molecule has 0 bridgehead atoms. The molecule has 3 heterocycles. The first-order valence-corrected chi connectivity index (χ1v) is 4.82. The van der Waals surface area contributed by atoms with Crippen LogP contribution in [-0.4, -0.2) is 25.7 Å². The maximum atomic E-state index is 12.1. The van der Waals surface area contributed by atoms with Gasteiger partial charge in [-0.25, -0.2) is 9.97 Å². The van der Waals surface area contributed by atoms with Crippen molar-refractivity contribution in [3.8, 4) is 0 Å². The van der Waals surface area contributed by atoms with Crippen molar-refractivity contribution in [3.05, 3.63) is 48.3 Å². The van der Waals surface area contributed by atoms with E-state index in [4.69, 9.17) is 0 Å². The van der Waals surface area contributed by atoms with Gasteiger partial charge in [-0.2, -0.15) is 0 Å². The molecule has 78 valence electrons. The molecule has 3 rings (SSSR count). The van der Waals surface area contributed by atoms with E-state index in [0.29, 0.717) is 16.9 Å². The van der Waals surface area contributed by atoms with E-state index in [-0.39, 0.29) is 5.78 Å². The van der Waals surface area contributed by atoms with Crippen molar-refractivity contribution in [2.24, 2.45) is 0 Å². The molecule has 0 radical (unpaired) electrons. The third-order valence-corrected chi connectivity index (χ3v) is 2.43. The molecule has 0 atom stereocenters. The van der Waals surface area contributed by atoms with E-state index < -0.39 is 0 Å². The number of hydrogen-bond acceptors (Lipinski definition) is 3. The van der Waals surface area contributed by atoms with Crippen molar-refractivity contribution in [2.45, 2.75) is 0 Å². The molecule has 3 aromatic rings. The fourth-order valence-electron chi connectivity index (χ4n) is 1.66. The van der Waals surface area contributed by atoms with Crippen LogP contribution < -0.4 is 0 Å². The van der Waals surface area contributed by atoms with Gasteiger partial charge in [0.15, 0.2) is 0 Å². The highest BCUT2D eigenvalue weighted by Crippen LogP contribution is 2.16. The number of fused-ring (bicyclic) bond motifs is 1. The number of aromatic amines is 2. The third kappa shape index (κ3) is 1.22. The predicted octanol–water partition coefficient (Wildman–Crippen LogP) is 1.52. The summed E-state index contributed by atoms with van der Waals surface area (Å²) in [7, 11) is 0. The van der Waals surface area contributed by atoms with Gasteiger partial charge in [-0.15, -0.1) is 0 Å². The zero-order valence-electron chi connectivity index (χ0n) is 8.27. The zero-order chi connectivity index (χ0) is 11.0. The van der Waals surface area contributed by atoms with Crippen molar-refractivity contribution < 1.29 is 4.79 Å². The predicted molar refractivity (Wildman–Crippen MR) is 58.1 cm³/mol. The molecular weight excluding hydrogens is 204 g/mol. The SMILES string of the molecule is O=C(c1cc[nH]c1)c1ncnc2[nH]ccc12. The topological polar surface area (TPSA) is 74.4 Å². The molecule has 0 amide bonds. The van der Waals surface area contributed by atoms with Crippen molar-refractivity contribution in [2.75, 3.05) is 0 Å². The summed E-state index contributed by atoms with van der Waals surface area (Å²) in [5.74, 6) is -0.103. The first kappa shape index (κ1) is 8.84. The molecule has 3 aromatic heterocycles. The summed E-state index contributed by atoms with van der Waals surface area (Å²) in [6.45, 7) is 0. The van der Waals surface area contributed by atoms with Crippen LogP contribution in [0.25, 0.3) is 11.0 Å². The fraction of sp³-hybridized carbons (Fsp3) is 0. The Balaban J connectivity index is 2.19. The molecule has 0 unspecified atom stereocenters. The van der Waals surface area contributed by atoms with Gasteiger partial charge in [0.25, 0.3) is 0 Å². The molecule has 0 aliphatic carbocycles. The van der Waals surface area contributed by atoms with Crippen LogP contribution in [0.4, 0.5) is 0 Å². The van der Waals surface area contributed by atoms with Crippen LogP contribution in [0.5, 0.6) is 0 Å². The van der Waals surface area contributed by atoms with Gasteiger partial charge in [0.1, 0.15) is 17.7 Å². The average Bonchev–Trinajstić information content (AvgIpc) is 2.98. The van der Waals surface area contributed by atoms with Crippen molar-refractivity contribution in [3.63, 3.8) is 0 Å². The lowest BCUT2D eigenvalue weighted by Gasteiger charge is -1.98. The maximum absolute atomic E-state index is 12.1. The minimum absolute atomic E-state index is 0.103. The van der Waals surface area contributed by atoms with E-state index in [0.717, 1.165) is 5.39 Å². The smallest absolute Gasteiger partial charge is 0.213 e. The number of nitrogens with one attached hydrogen (secondary N) is 2. The minimum atomic E-state index is -0.103. The van der Waals surface area contributed by atoms with Gasteiger partial charge in [-0.1, -0.05) is 0 Å². The molecular formula is C11H8N4O. The largest absolute Gasteiger partial charge is 0.367 e. The number of nitrogens with zero attached hydrogens (tertiary/aromatic N) is 2. The van der Waals surface area contributed by atoms with E-state index in [2.05, 4.69) is 19.9 Å². The van der Waals surface area contributed by atoms with Gasteiger partial charge in [0, 0.05) is 29.5 Å². The summed E-state index contributed by atoms with van der Waals surface area (Å²) in [6, 6.07) is 3.53. The van der Waals surface area contributed by atoms with E-state index in [1.807, 2.05) is 0 Å². The monoisotopic (exact) mass is 212 g/mol. The van der Waals surface area contributed by atoms with E-state index in [1.54, 1.807) is 30.7 Å². The quantitative estimate of drug-likeness (QED) is 0.632. The number of carbonyl (C=O) groups excluding carboxylic acids is 1. The standard InChI is InChI=1S/C11H8N4O/c16-10(7-1-3-12-5-7)9-8-2-4-13-11(8)15-6-14-9/h1-6,12H,(H,13,14,15). The van der Waals surface area contributed by atoms with Crippen LogP contribution in [-0.2, 0) is 0 Å². The van der Waals surface area contributed by atoms with Crippen LogP contribution in [0.3, 0.4) is 0 Å². The summed E-state index contributed by atoms with van der Waals surface area (Å²) in [5, 5.41) is 0.744. The lowest BCUT2D eigenvalue weighted by molar-refractivity contribution is 0.103. The maximum Gasteiger partial charge on any atom is 0.213 e. The zero-order valence-corrected chi connectivity index (χ0v) is 8.27. The van der Waals surface area contributed by atoms with E-state index >= 15 is 0 Å². The van der Waals surface area contributed by atoms with Crippen LogP contribution in [0.15, 0.2) is 37.1 Å². The molecule has 0 aliphatic heterocycles. The first-order chi connectivity index (χ1) is 7.86. The summed E-state index contributed by atoms with van der Waals surface area (Å²) in [5.41, 5.74) is 1.70. The highest BCUT2D eigenvalue weighted by molar-refractivity contribution is 6.14. The van der Waals surface area contributed by atoms with Crippen molar-refractivity contribution in [1.29, 1.82) is 0 Å².